The van der Waals surface area contributed by atoms with E-state index in [0.717, 1.165) is 11.3 Å². The van der Waals surface area contributed by atoms with E-state index in [2.05, 4.69) is 0 Å². The van der Waals surface area contributed by atoms with Gasteiger partial charge < -0.3 is 15.6 Å². The molecule has 0 aliphatic heterocycles. The Kier molecular flexibility index (Phi) is 4.12. The monoisotopic (exact) mass is 209 g/mol. The lowest BCUT2D eigenvalue weighted by Gasteiger charge is -2.24. The largest absolute Gasteiger partial charge is 0.487 e. The first-order valence-corrected chi connectivity index (χ1v) is 5.16. The molecule has 3 heteroatoms. The molecule has 0 atom stereocenters. The standard InChI is InChI=1S/C12H19NO2/c1-12(2,9-13)15-11-5-3-10(4-6-11)7-8-14/h3-6,14H,7-9,13H2,1-2H3. The van der Waals surface area contributed by atoms with Crippen LogP contribution in [0.1, 0.15) is 19.4 Å². The lowest BCUT2D eigenvalue weighted by atomic mass is 10.1. The maximum atomic E-state index is 8.77. The van der Waals surface area contributed by atoms with Gasteiger partial charge in [-0.2, -0.15) is 0 Å². The summed E-state index contributed by atoms with van der Waals surface area (Å²) < 4.78 is 5.70. The van der Waals surface area contributed by atoms with Gasteiger partial charge in [0.25, 0.3) is 0 Å². The van der Waals surface area contributed by atoms with Crippen molar-refractivity contribution in [3.8, 4) is 5.75 Å². The van der Waals surface area contributed by atoms with Gasteiger partial charge in [-0.25, -0.2) is 0 Å². The lowest BCUT2D eigenvalue weighted by Crippen LogP contribution is -2.37. The van der Waals surface area contributed by atoms with Gasteiger partial charge in [0.1, 0.15) is 11.4 Å². The van der Waals surface area contributed by atoms with Gasteiger partial charge in [-0.15, -0.1) is 0 Å². The highest BCUT2D eigenvalue weighted by molar-refractivity contribution is 5.27. The molecule has 0 aromatic heterocycles. The third-order valence-corrected chi connectivity index (χ3v) is 2.21. The molecule has 0 aliphatic rings. The van der Waals surface area contributed by atoms with Gasteiger partial charge >= 0.3 is 0 Å². The Balaban J connectivity index is 2.64. The number of ether oxygens (including phenoxy) is 1. The van der Waals surface area contributed by atoms with E-state index in [-0.39, 0.29) is 12.2 Å². The molecule has 1 rings (SSSR count). The Morgan fingerprint density at radius 1 is 1.27 bits per heavy atom. The predicted molar refractivity (Wildman–Crippen MR) is 61.0 cm³/mol. The summed E-state index contributed by atoms with van der Waals surface area (Å²) in [6.07, 6.45) is 0.681. The maximum absolute atomic E-state index is 8.77. The molecule has 1 aromatic carbocycles. The molecule has 0 radical (unpaired) electrons. The van der Waals surface area contributed by atoms with Crippen LogP contribution >= 0.6 is 0 Å². The molecule has 1 aromatic rings. The van der Waals surface area contributed by atoms with E-state index in [0.29, 0.717) is 13.0 Å². The van der Waals surface area contributed by atoms with Gasteiger partial charge in [0.15, 0.2) is 0 Å². The van der Waals surface area contributed by atoms with E-state index in [1.54, 1.807) is 0 Å². The second-order valence-electron chi connectivity index (χ2n) is 4.18. The third kappa shape index (κ3) is 3.90. The second-order valence-corrected chi connectivity index (χ2v) is 4.18. The number of nitrogens with two attached hydrogens (primary N) is 1. The normalized spacial score (nSPS) is 11.5. The zero-order valence-electron chi connectivity index (χ0n) is 9.36. The minimum Gasteiger partial charge on any atom is -0.487 e. The Labute approximate surface area is 90.9 Å². The van der Waals surface area contributed by atoms with E-state index < -0.39 is 0 Å². The van der Waals surface area contributed by atoms with Crippen molar-refractivity contribution in [2.45, 2.75) is 25.9 Å². The zero-order valence-corrected chi connectivity index (χ0v) is 9.36. The van der Waals surface area contributed by atoms with Crippen LogP contribution in [0.5, 0.6) is 5.75 Å². The maximum Gasteiger partial charge on any atom is 0.120 e. The fourth-order valence-corrected chi connectivity index (χ4v) is 1.21. The molecule has 3 nitrogen and oxygen atoms in total. The van der Waals surface area contributed by atoms with Crippen LogP contribution in [0.15, 0.2) is 24.3 Å². The van der Waals surface area contributed by atoms with Gasteiger partial charge in [0.2, 0.25) is 0 Å². The van der Waals surface area contributed by atoms with Crippen molar-refractivity contribution in [3.05, 3.63) is 29.8 Å². The molecule has 0 aliphatic carbocycles. The first-order valence-electron chi connectivity index (χ1n) is 5.16. The smallest absolute Gasteiger partial charge is 0.120 e. The van der Waals surface area contributed by atoms with Gasteiger partial charge in [0, 0.05) is 13.2 Å². The molecule has 0 spiro atoms. The molecule has 0 saturated heterocycles. The van der Waals surface area contributed by atoms with Crippen LogP contribution in [0.2, 0.25) is 0 Å². The molecule has 0 fully saturated rings. The number of aliphatic hydroxyl groups excluding tert-OH is 1. The second kappa shape index (κ2) is 5.14. The van der Waals surface area contributed by atoms with Crippen LogP contribution in [0.4, 0.5) is 0 Å². The highest BCUT2D eigenvalue weighted by atomic mass is 16.5. The van der Waals surface area contributed by atoms with Gasteiger partial charge in [-0.3, -0.25) is 0 Å². The summed E-state index contributed by atoms with van der Waals surface area (Å²) in [6.45, 7) is 4.56. The molecule has 15 heavy (non-hydrogen) atoms. The SMILES string of the molecule is CC(C)(CN)Oc1ccc(CCO)cc1. The summed E-state index contributed by atoms with van der Waals surface area (Å²) in [7, 11) is 0. The molecule has 84 valence electrons. The van der Waals surface area contributed by atoms with Crippen LogP contribution in [-0.2, 0) is 6.42 Å². The van der Waals surface area contributed by atoms with Crippen LogP contribution in [0.25, 0.3) is 0 Å². The first kappa shape index (κ1) is 12.0. The molecule has 0 saturated carbocycles. The van der Waals surface area contributed by atoms with E-state index in [9.17, 15) is 0 Å². The summed E-state index contributed by atoms with van der Waals surface area (Å²) in [5, 5.41) is 8.77. The summed E-state index contributed by atoms with van der Waals surface area (Å²) in [5.41, 5.74) is 6.35. The van der Waals surface area contributed by atoms with Gasteiger partial charge in [-0.05, 0) is 38.0 Å². The van der Waals surface area contributed by atoms with E-state index >= 15 is 0 Å². The number of benzene rings is 1. The highest BCUT2D eigenvalue weighted by Crippen LogP contribution is 2.18. The summed E-state index contributed by atoms with van der Waals surface area (Å²) >= 11 is 0. The van der Waals surface area contributed by atoms with E-state index in [1.807, 2.05) is 38.1 Å². The molecule has 0 bridgehead atoms. The van der Waals surface area contributed by atoms with Crippen LogP contribution in [0, 0.1) is 0 Å². The average molecular weight is 209 g/mol. The van der Waals surface area contributed by atoms with Crippen molar-refractivity contribution in [1.82, 2.24) is 0 Å². The molecule has 3 N–H and O–H groups in total. The van der Waals surface area contributed by atoms with Crippen molar-refractivity contribution in [2.75, 3.05) is 13.2 Å². The van der Waals surface area contributed by atoms with Crippen LogP contribution in [0.3, 0.4) is 0 Å². The van der Waals surface area contributed by atoms with Crippen molar-refractivity contribution in [1.29, 1.82) is 0 Å². The van der Waals surface area contributed by atoms with Crippen LogP contribution < -0.4 is 10.5 Å². The molecule has 0 amide bonds. The summed E-state index contributed by atoms with van der Waals surface area (Å²) in [5.74, 6) is 0.812. The number of hydrogen-bond acceptors (Lipinski definition) is 3. The molecular weight excluding hydrogens is 190 g/mol. The van der Waals surface area contributed by atoms with E-state index in [1.165, 1.54) is 0 Å². The molecule has 0 heterocycles. The van der Waals surface area contributed by atoms with Crippen molar-refractivity contribution in [3.63, 3.8) is 0 Å². The van der Waals surface area contributed by atoms with Crippen molar-refractivity contribution >= 4 is 0 Å². The predicted octanol–water partition coefficient (Wildman–Crippen LogP) is 1.34. The van der Waals surface area contributed by atoms with Crippen LogP contribution in [-0.4, -0.2) is 23.9 Å². The Bertz CT molecular complexity index is 293. The average Bonchev–Trinajstić information content (AvgIpc) is 2.21. The van der Waals surface area contributed by atoms with Gasteiger partial charge in [-0.1, -0.05) is 12.1 Å². The topological polar surface area (TPSA) is 55.5 Å². The first-order chi connectivity index (χ1) is 7.07. The Morgan fingerprint density at radius 2 is 1.87 bits per heavy atom. The highest BCUT2D eigenvalue weighted by Gasteiger charge is 2.16. The minimum atomic E-state index is -0.335. The number of aliphatic hydroxyl groups is 1. The van der Waals surface area contributed by atoms with Crippen molar-refractivity contribution in [2.24, 2.45) is 5.73 Å². The summed E-state index contributed by atoms with van der Waals surface area (Å²) in [4.78, 5) is 0. The Morgan fingerprint density at radius 3 is 2.33 bits per heavy atom. The quantitative estimate of drug-likeness (QED) is 0.769. The summed E-state index contributed by atoms with van der Waals surface area (Å²) in [6, 6.07) is 7.72. The Hall–Kier alpha value is -1.06. The molecular formula is C12H19NO2. The fraction of sp³-hybridized carbons (Fsp3) is 0.500. The number of hydrogen-bond donors (Lipinski definition) is 2. The number of rotatable bonds is 5. The zero-order chi connectivity index (χ0) is 11.3. The van der Waals surface area contributed by atoms with Crippen molar-refractivity contribution < 1.29 is 9.84 Å². The van der Waals surface area contributed by atoms with Gasteiger partial charge in [0.05, 0.1) is 0 Å². The lowest BCUT2D eigenvalue weighted by molar-refractivity contribution is 0.119. The third-order valence-electron chi connectivity index (χ3n) is 2.21. The minimum absolute atomic E-state index is 0.175. The van der Waals surface area contributed by atoms with E-state index in [4.69, 9.17) is 15.6 Å². The fourth-order valence-electron chi connectivity index (χ4n) is 1.21. The molecule has 0 unspecified atom stereocenters.